The van der Waals surface area contributed by atoms with E-state index < -0.39 is 0 Å². The number of nitrogens with zero attached hydrogens (tertiary/aromatic N) is 1. The van der Waals surface area contributed by atoms with Crippen LogP contribution in [0.25, 0.3) is 33.3 Å². The summed E-state index contributed by atoms with van der Waals surface area (Å²) in [5.74, 6) is 0. The summed E-state index contributed by atoms with van der Waals surface area (Å²) in [7, 11) is 0. The Morgan fingerprint density at radius 1 is 0.760 bits per heavy atom. The lowest BCUT2D eigenvalue weighted by molar-refractivity contribution is 1.32. The Morgan fingerprint density at radius 3 is 2.20 bits per heavy atom. The maximum atomic E-state index is 6.28. The fourth-order valence-electron chi connectivity index (χ4n) is 3.30. The molecule has 0 aliphatic carbocycles. The lowest BCUT2D eigenvalue weighted by Crippen LogP contribution is -1.95. The Bertz CT molecular complexity index is 1050. The average molecular weight is 344 g/mol. The van der Waals surface area contributed by atoms with Gasteiger partial charge in [0.1, 0.15) is 0 Å². The predicted molar refractivity (Wildman–Crippen MR) is 107 cm³/mol. The van der Waals surface area contributed by atoms with Crippen molar-refractivity contribution >= 4 is 22.5 Å². The van der Waals surface area contributed by atoms with E-state index in [1.165, 1.54) is 22.3 Å². The molecule has 1 heterocycles. The second-order valence-corrected chi connectivity index (χ2v) is 6.79. The summed E-state index contributed by atoms with van der Waals surface area (Å²) in [4.78, 5) is 4.94. The number of rotatable bonds is 2. The lowest BCUT2D eigenvalue weighted by Gasteiger charge is -2.15. The van der Waals surface area contributed by atoms with Gasteiger partial charge in [-0.3, -0.25) is 0 Å². The van der Waals surface area contributed by atoms with Crippen LogP contribution in [0.15, 0.2) is 72.8 Å². The second-order valence-electron chi connectivity index (χ2n) is 6.35. The van der Waals surface area contributed by atoms with Crippen LogP contribution in [0, 0.1) is 13.8 Å². The Kier molecular flexibility index (Phi) is 4.03. The highest BCUT2D eigenvalue weighted by molar-refractivity contribution is 6.31. The topological polar surface area (TPSA) is 12.9 Å². The Labute approximate surface area is 152 Å². The van der Waals surface area contributed by atoms with Gasteiger partial charge in [0, 0.05) is 16.0 Å². The SMILES string of the molecule is Cc1ccc(-c2nc3ccc(Cl)cc3c(-c3ccccc3)c2C)cc1. The summed E-state index contributed by atoms with van der Waals surface area (Å²) in [5.41, 5.74) is 7.92. The molecular formula is C23H18ClN. The fourth-order valence-corrected chi connectivity index (χ4v) is 3.47. The van der Waals surface area contributed by atoms with Gasteiger partial charge in [0.2, 0.25) is 0 Å². The molecule has 0 amide bonds. The minimum absolute atomic E-state index is 0.731. The van der Waals surface area contributed by atoms with E-state index in [9.17, 15) is 0 Å². The summed E-state index contributed by atoms with van der Waals surface area (Å²) >= 11 is 6.28. The van der Waals surface area contributed by atoms with Crippen LogP contribution < -0.4 is 0 Å². The van der Waals surface area contributed by atoms with Gasteiger partial charge in [-0.1, -0.05) is 71.8 Å². The van der Waals surface area contributed by atoms with Crippen molar-refractivity contribution in [3.63, 3.8) is 0 Å². The standard InChI is InChI=1S/C23H18ClN/c1-15-8-10-18(11-9-15)23-16(2)22(17-6-4-3-5-7-17)20-14-19(24)12-13-21(20)25-23/h3-14H,1-2H3. The van der Waals surface area contributed by atoms with E-state index >= 15 is 0 Å². The van der Waals surface area contributed by atoms with Gasteiger partial charge in [-0.05, 0) is 48.7 Å². The highest BCUT2D eigenvalue weighted by Gasteiger charge is 2.15. The normalized spacial score (nSPS) is 11.0. The molecule has 3 aromatic carbocycles. The minimum atomic E-state index is 0.731. The zero-order valence-electron chi connectivity index (χ0n) is 14.3. The van der Waals surface area contributed by atoms with Crippen molar-refractivity contribution in [1.29, 1.82) is 0 Å². The van der Waals surface area contributed by atoms with Gasteiger partial charge in [-0.25, -0.2) is 4.98 Å². The molecule has 122 valence electrons. The molecule has 0 saturated carbocycles. The average Bonchev–Trinajstić information content (AvgIpc) is 2.63. The highest BCUT2D eigenvalue weighted by Crippen LogP contribution is 2.37. The van der Waals surface area contributed by atoms with E-state index in [4.69, 9.17) is 16.6 Å². The molecule has 0 unspecified atom stereocenters. The summed E-state index contributed by atoms with van der Waals surface area (Å²) < 4.78 is 0. The molecule has 25 heavy (non-hydrogen) atoms. The van der Waals surface area contributed by atoms with E-state index in [2.05, 4.69) is 62.4 Å². The number of pyridine rings is 1. The maximum Gasteiger partial charge on any atom is 0.0745 e. The van der Waals surface area contributed by atoms with Crippen molar-refractivity contribution in [1.82, 2.24) is 4.98 Å². The molecule has 1 nitrogen and oxygen atoms in total. The summed E-state index contributed by atoms with van der Waals surface area (Å²) in [6, 6.07) is 24.9. The molecule has 1 aromatic heterocycles. The molecule has 0 atom stereocenters. The number of fused-ring (bicyclic) bond motifs is 1. The quantitative estimate of drug-likeness (QED) is 0.388. The number of hydrogen-bond donors (Lipinski definition) is 0. The Morgan fingerprint density at radius 2 is 1.48 bits per heavy atom. The van der Waals surface area contributed by atoms with Gasteiger partial charge in [-0.15, -0.1) is 0 Å². The van der Waals surface area contributed by atoms with Crippen molar-refractivity contribution in [2.45, 2.75) is 13.8 Å². The molecule has 4 rings (SSSR count). The predicted octanol–water partition coefficient (Wildman–Crippen LogP) is 6.84. The van der Waals surface area contributed by atoms with Gasteiger partial charge < -0.3 is 0 Å². The molecular weight excluding hydrogens is 326 g/mol. The van der Waals surface area contributed by atoms with Crippen molar-refractivity contribution in [2.75, 3.05) is 0 Å². The van der Waals surface area contributed by atoms with Crippen LogP contribution in [0.1, 0.15) is 11.1 Å². The third kappa shape index (κ3) is 2.92. The van der Waals surface area contributed by atoms with E-state index in [0.717, 1.165) is 27.2 Å². The molecule has 0 bridgehead atoms. The Hall–Kier alpha value is -2.64. The second kappa shape index (κ2) is 6.34. The first-order valence-corrected chi connectivity index (χ1v) is 8.73. The van der Waals surface area contributed by atoms with Gasteiger partial charge in [0.25, 0.3) is 0 Å². The first-order valence-electron chi connectivity index (χ1n) is 8.36. The maximum absolute atomic E-state index is 6.28. The molecule has 4 aromatic rings. The minimum Gasteiger partial charge on any atom is -0.247 e. The summed E-state index contributed by atoms with van der Waals surface area (Å²) in [6.45, 7) is 4.24. The smallest absolute Gasteiger partial charge is 0.0745 e. The molecule has 2 heteroatoms. The van der Waals surface area contributed by atoms with Crippen LogP contribution in [0.2, 0.25) is 5.02 Å². The summed E-state index contributed by atoms with van der Waals surface area (Å²) in [6.07, 6.45) is 0. The Balaban J connectivity index is 2.08. The molecule has 0 aliphatic rings. The van der Waals surface area contributed by atoms with Crippen LogP contribution >= 0.6 is 11.6 Å². The lowest BCUT2D eigenvalue weighted by atomic mass is 9.93. The number of aryl methyl sites for hydroxylation is 1. The van der Waals surface area contributed by atoms with Crippen LogP contribution in [0.3, 0.4) is 0 Å². The number of hydrogen-bond acceptors (Lipinski definition) is 1. The first kappa shape index (κ1) is 15.9. The molecule has 0 spiro atoms. The number of benzene rings is 3. The molecule has 0 radical (unpaired) electrons. The monoisotopic (exact) mass is 343 g/mol. The van der Waals surface area contributed by atoms with Crippen LogP contribution in [0.4, 0.5) is 0 Å². The fraction of sp³-hybridized carbons (Fsp3) is 0.0870. The molecule has 0 fully saturated rings. The molecule has 0 saturated heterocycles. The van der Waals surface area contributed by atoms with Gasteiger partial charge in [-0.2, -0.15) is 0 Å². The first-order chi connectivity index (χ1) is 12.1. The van der Waals surface area contributed by atoms with E-state index in [0.29, 0.717) is 0 Å². The third-order valence-corrected chi connectivity index (χ3v) is 4.81. The van der Waals surface area contributed by atoms with Crippen LogP contribution in [-0.2, 0) is 0 Å². The van der Waals surface area contributed by atoms with E-state index in [1.807, 2.05) is 24.3 Å². The zero-order chi connectivity index (χ0) is 17.4. The van der Waals surface area contributed by atoms with Gasteiger partial charge >= 0.3 is 0 Å². The van der Waals surface area contributed by atoms with Crippen molar-refractivity contribution in [3.8, 4) is 22.4 Å². The molecule has 0 aliphatic heterocycles. The van der Waals surface area contributed by atoms with Gasteiger partial charge in [0.15, 0.2) is 0 Å². The van der Waals surface area contributed by atoms with Gasteiger partial charge in [0.05, 0.1) is 11.2 Å². The van der Waals surface area contributed by atoms with Crippen molar-refractivity contribution < 1.29 is 0 Å². The van der Waals surface area contributed by atoms with Crippen molar-refractivity contribution in [3.05, 3.63) is 88.9 Å². The third-order valence-electron chi connectivity index (χ3n) is 4.58. The van der Waals surface area contributed by atoms with E-state index in [-0.39, 0.29) is 0 Å². The largest absolute Gasteiger partial charge is 0.247 e. The van der Waals surface area contributed by atoms with Crippen LogP contribution in [-0.4, -0.2) is 4.98 Å². The van der Waals surface area contributed by atoms with Crippen molar-refractivity contribution in [2.24, 2.45) is 0 Å². The van der Waals surface area contributed by atoms with E-state index in [1.54, 1.807) is 0 Å². The summed E-state index contributed by atoms with van der Waals surface area (Å²) in [5, 5.41) is 1.82. The highest BCUT2D eigenvalue weighted by atomic mass is 35.5. The number of aromatic nitrogens is 1. The molecule has 0 N–H and O–H groups in total. The van der Waals surface area contributed by atoms with Crippen LogP contribution in [0.5, 0.6) is 0 Å². The number of halogens is 1. The zero-order valence-corrected chi connectivity index (χ0v) is 15.0.